The first kappa shape index (κ1) is 20.1. The van der Waals surface area contributed by atoms with E-state index in [-0.39, 0.29) is 5.75 Å². The fourth-order valence-electron chi connectivity index (χ4n) is 3.80. The van der Waals surface area contributed by atoms with E-state index >= 15 is 0 Å². The summed E-state index contributed by atoms with van der Waals surface area (Å²) in [5.41, 5.74) is 0.762. The van der Waals surface area contributed by atoms with Gasteiger partial charge in [0.2, 0.25) is 0 Å². The fraction of sp³-hybridized carbons (Fsp3) is 0.217. The van der Waals surface area contributed by atoms with E-state index in [0.717, 1.165) is 40.1 Å². The zero-order valence-corrected chi connectivity index (χ0v) is 18.4. The van der Waals surface area contributed by atoms with Crippen molar-refractivity contribution < 1.29 is 13.2 Å². The molecular weight excluding hydrogens is 430 g/mol. The molecule has 1 aliphatic rings. The number of thiophene rings is 1. The first-order chi connectivity index (χ1) is 15.1. The fourth-order valence-corrected chi connectivity index (χ4v) is 6.20. The Balaban J connectivity index is 1.56. The number of nitrogens with zero attached hydrogens (tertiary/aromatic N) is 3. The molecule has 0 atom stereocenters. The Labute approximate surface area is 185 Å². The molecule has 31 heavy (non-hydrogen) atoms. The molecule has 3 heterocycles. The Morgan fingerprint density at radius 3 is 2.61 bits per heavy atom. The smallest absolute Gasteiger partial charge is 0.182 e. The maximum Gasteiger partial charge on any atom is 0.182 e. The largest absolute Gasteiger partial charge is 0.378 e. The van der Waals surface area contributed by atoms with Crippen molar-refractivity contribution >= 4 is 37.8 Å². The first-order valence-electron chi connectivity index (χ1n) is 10.0. The van der Waals surface area contributed by atoms with Crippen LogP contribution in [0.4, 0.5) is 5.82 Å². The van der Waals surface area contributed by atoms with E-state index in [1.54, 1.807) is 41.8 Å². The lowest BCUT2D eigenvalue weighted by atomic mass is 10.1. The van der Waals surface area contributed by atoms with Crippen LogP contribution in [-0.4, -0.2) is 44.7 Å². The van der Waals surface area contributed by atoms with Crippen LogP contribution in [0.25, 0.3) is 21.5 Å². The molecule has 2 aromatic heterocycles. The number of fused-ring (bicyclic) bond motifs is 1. The Morgan fingerprint density at radius 2 is 1.81 bits per heavy atom. The van der Waals surface area contributed by atoms with Crippen molar-refractivity contribution in [3.63, 3.8) is 0 Å². The summed E-state index contributed by atoms with van der Waals surface area (Å²) in [6, 6.07) is 16.3. The molecule has 0 bridgehead atoms. The van der Waals surface area contributed by atoms with Crippen LogP contribution in [0.5, 0.6) is 0 Å². The minimum absolute atomic E-state index is 0.0682. The van der Waals surface area contributed by atoms with Gasteiger partial charge < -0.3 is 9.64 Å². The molecule has 1 saturated heterocycles. The molecule has 6 nitrogen and oxygen atoms in total. The highest BCUT2D eigenvalue weighted by Gasteiger charge is 2.21. The predicted octanol–water partition coefficient (Wildman–Crippen LogP) is 4.17. The van der Waals surface area contributed by atoms with Crippen LogP contribution in [0.2, 0.25) is 0 Å². The minimum atomic E-state index is -3.47. The van der Waals surface area contributed by atoms with Gasteiger partial charge in [-0.15, -0.1) is 11.3 Å². The van der Waals surface area contributed by atoms with E-state index in [9.17, 15) is 8.42 Å². The zero-order chi connectivity index (χ0) is 21.3. The van der Waals surface area contributed by atoms with Crippen LogP contribution in [0.15, 0.2) is 71.1 Å². The molecule has 0 spiro atoms. The number of hydrogen-bond donors (Lipinski definition) is 0. The van der Waals surface area contributed by atoms with E-state index < -0.39 is 9.84 Å². The van der Waals surface area contributed by atoms with Crippen molar-refractivity contribution in [2.45, 2.75) is 10.6 Å². The summed E-state index contributed by atoms with van der Waals surface area (Å²) in [6.07, 6.45) is 1.77. The molecule has 0 N–H and O–H groups in total. The predicted molar refractivity (Wildman–Crippen MR) is 123 cm³/mol. The van der Waals surface area contributed by atoms with Crippen LogP contribution in [0.1, 0.15) is 5.56 Å². The second-order valence-corrected chi connectivity index (χ2v) is 10.2. The summed E-state index contributed by atoms with van der Waals surface area (Å²) in [4.78, 5) is 12.7. The Bertz CT molecular complexity index is 1310. The highest BCUT2D eigenvalue weighted by molar-refractivity contribution is 7.90. The lowest BCUT2D eigenvalue weighted by Gasteiger charge is -2.27. The lowest BCUT2D eigenvalue weighted by molar-refractivity contribution is 0.122. The maximum absolute atomic E-state index is 13.0. The van der Waals surface area contributed by atoms with Crippen molar-refractivity contribution in [1.82, 2.24) is 9.97 Å². The van der Waals surface area contributed by atoms with Crippen LogP contribution >= 0.6 is 11.3 Å². The van der Waals surface area contributed by atoms with Gasteiger partial charge in [-0.1, -0.05) is 36.4 Å². The molecule has 0 aliphatic carbocycles. The van der Waals surface area contributed by atoms with E-state index in [2.05, 4.69) is 9.88 Å². The Morgan fingerprint density at radius 1 is 1.00 bits per heavy atom. The molecule has 8 heteroatoms. The van der Waals surface area contributed by atoms with Gasteiger partial charge in [0.15, 0.2) is 15.7 Å². The number of morpholine rings is 1. The lowest BCUT2D eigenvalue weighted by Crippen LogP contribution is -2.36. The summed E-state index contributed by atoms with van der Waals surface area (Å²) >= 11 is 1.54. The molecule has 1 aliphatic heterocycles. The second-order valence-electron chi connectivity index (χ2n) is 7.36. The number of hydrogen-bond acceptors (Lipinski definition) is 7. The molecule has 0 unspecified atom stereocenters. The van der Waals surface area contributed by atoms with Gasteiger partial charge in [-0.3, -0.25) is 0 Å². The van der Waals surface area contributed by atoms with Gasteiger partial charge in [0.1, 0.15) is 5.82 Å². The molecule has 158 valence electrons. The third kappa shape index (κ3) is 4.06. The molecule has 0 amide bonds. The highest BCUT2D eigenvalue weighted by atomic mass is 32.2. The standard InChI is InChI=1S/C23H21N3O3S2/c27-31(28,19-7-2-1-3-8-19)16-18-6-4-5-17-15-30-22(21(17)18)23-24-10-9-20(25-23)26-11-13-29-14-12-26/h1-10,15H,11-14,16H2. The molecule has 2 aromatic carbocycles. The molecular formula is C23H21N3O3S2. The normalized spacial score (nSPS) is 14.8. The van der Waals surface area contributed by atoms with Crippen molar-refractivity contribution in [3.05, 3.63) is 71.7 Å². The number of ether oxygens (including phenoxy) is 1. The molecule has 1 fully saturated rings. The molecule has 0 saturated carbocycles. The topological polar surface area (TPSA) is 72.4 Å². The summed E-state index contributed by atoms with van der Waals surface area (Å²) < 4.78 is 31.5. The van der Waals surface area contributed by atoms with Crippen molar-refractivity contribution in [1.29, 1.82) is 0 Å². The number of anilines is 1. The number of aromatic nitrogens is 2. The van der Waals surface area contributed by atoms with E-state index in [1.165, 1.54) is 0 Å². The van der Waals surface area contributed by atoms with Gasteiger partial charge in [0, 0.05) is 24.7 Å². The van der Waals surface area contributed by atoms with Crippen molar-refractivity contribution in [2.24, 2.45) is 0 Å². The van der Waals surface area contributed by atoms with Crippen LogP contribution < -0.4 is 4.90 Å². The third-order valence-electron chi connectivity index (χ3n) is 5.34. The summed E-state index contributed by atoms with van der Waals surface area (Å²) in [5.74, 6) is 1.42. The van der Waals surface area contributed by atoms with E-state index in [1.807, 2.05) is 35.7 Å². The van der Waals surface area contributed by atoms with Gasteiger partial charge in [0.05, 0.1) is 28.7 Å². The average molecular weight is 452 g/mol. The second kappa shape index (κ2) is 8.37. The van der Waals surface area contributed by atoms with Gasteiger partial charge in [-0.2, -0.15) is 0 Å². The zero-order valence-electron chi connectivity index (χ0n) is 16.8. The average Bonchev–Trinajstić information content (AvgIpc) is 3.26. The van der Waals surface area contributed by atoms with Gasteiger partial charge in [-0.05, 0) is 34.5 Å². The van der Waals surface area contributed by atoms with Gasteiger partial charge >= 0.3 is 0 Å². The Hall–Kier alpha value is -2.81. The number of sulfone groups is 1. The quantitative estimate of drug-likeness (QED) is 0.454. The highest BCUT2D eigenvalue weighted by Crippen LogP contribution is 2.37. The van der Waals surface area contributed by atoms with Crippen LogP contribution in [0, 0.1) is 0 Å². The van der Waals surface area contributed by atoms with E-state index in [4.69, 9.17) is 9.72 Å². The molecule has 5 rings (SSSR count). The number of benzene rings is 2. The van der Waals surface area contributed by atoms with E-state index in [0.29, 0.717) is 23.9 Å². The van der Waals surface area contributed by atoms with Gasteiger partial charge in [-0.25, -0.2) is 18.4 Å². The molecule has 0 radical (unpaired) electrons. The van der Waals surface area contributed by atoms with Crippen LogP contribution in [0.3, 0.4) is 0 Å². The van der Waals surface area contributed by atoms with Crippen molar-refractivity contribution in [2.75, 3.05) is 31.2 Å². The monoisotopic (exact) mass is 451 g/mol. The minimum Gasteiger partial charge on any atom is -0.378 e. The Kier molecular flexibility index (Phi) is 5.43. The van der Waals surface area contributed by atoms with Crippen LogP contribution in [-0.2, 0) is 20.3 Å². The van der Waals surface area contributed by atoms with Gasteiger partial charge in [0.25, 0.3) is 0 Å². The number of rotatable bonds is 5. The third-order valence-corrected chi connectivity index (χ3v) is 8.02. The summed E-state index contributed by atoms with van der Waals surface area (Å²) in [7, 11) is -3.47. The SMILES string of the molecule is O=S(=O)(Cc1cccc2csc(-c3nccc(N4CCOCC4)n3)c12)c1ccccc1. The first-order valence-corrected chi connectivity index (χ1v) is 12.6. The van der Waals surface area contributed by atoms with Crippen molar-refractivity contribution in [3.8, 4) is 10.7 Å². The molecule has 4 aromatic rings. The summed E-state index contributed by atoms with van der Waals surface area (Å²) in [6.45, 7) is 2.95. The summed E-state index contributed by atoms with van der Waals surface area (Å²) in [5, 5.41) is 3.95. The maximum atomic E-state index is 13.0.